The summed E-state index contributed by atoms with van der Waals surface area (Å²) in [6.07, 6.45) is 3.27. The first kappa shape index (κ1) is 20.9. The van der Waals surface area contributed by atoms with E-state index in [9.17, 15) is 4.39 Å². The second kappa shape index (κ2) is 10.6. The molecule has 0 radical (unpaired) electrons. The average molecular weight is 358 g/mol. The molecular formula is C15H24Cl3FN2. The lowest BCUT2D eigenvalue weighted by molar-refractivity contribution is 0.160. The molecule has 1 fully saturated rings. The van der Waals surface area contributed by atoms with Crippen LogP contribution in [0.4, 0.5) is 4.39 Å². The van der Waals surface area contributed by atoms with Gasteiger partial charge in [-0.2, -0.15) is 0 Å². The van der Waals surface area contributed by atoms with Crippen molar-refractivity contribution in [2.45, 2.75) is 32.2 Å². The van der Waals surface area contributed by atoms with Crippen molar-refractivity contribution >= 4 is 36.4 Å². The Hall–Kier alpha value is -0.0600. The molecule has 1 aliphatic rings. The first-order valence-corrected chi connectivity index (χ1v) is 7.50. The van der Waals surface area contributed by atoms with Gasteiger partial charge in [0.05, 0.1) is 0 Å². The van der Waals surface area contributed by atoms with E-state index in [2.05, 4.69) is 17.1 Å². The van der Waals surface area contributed by atoms with Crippen LogP contribution < -0.4 is 5.32 Å². The van der Waals surface area contributed by atoms with E-state index in [0.29, 0.717) is 5.02 Å². The summed E-state index contributed by atoms with van der Waals surface area (Å²) in [6, 6.07) is 5.25. The molecule has 0 unspecified atom stereocenters. The van der Waals surface area contributed by atoms with Crippen LogP contribution in [0, 0.1) is 5.82 Å². The van der Waals surface area contributed by atoms with Crippen molar-refractivity contribution in [1.29, 1.82) is 0 Å². The normalized spacial score (nSPS) is 16.7. The Balaban J connectivity index is 0.00000200. The highest BCUT2D eigenvalue weighted by atomic mass is 35.5. The minimum absolute atomic E-state index is 0. The molecule has 21 heavy (non-hydrogen) atoms. The topological polar surface area (TPSA) is 15.3 Å². The van der Waals surface area contributed by atoms with E-state index in [1.54, 1.807) is 6.07 Å². The minimum Gasteiger partial charge on any atom is -0.314 e. The molecule has 1 saturated heterocycles. The molecule has 0 bridgehead atoms. The summed E-state index contributed by atoms with van der Waals surface area (Å²) in [5.41, 5.74) is 0.791. The smallest absolute Gasteiger partial charge is 0.129 e. The zero-order valence-corrected chi connectivity index (χ0v) is 14.7. The van der Waals surface area contributed by atoms with Crippen LogP contribution in [0.3, 0.4) is 0 Å². The fourth-order valence-electron chi connectivity index (χ4n) is 2.70. The monoisotopic (exact) mass is 356 g/mol. The Morgan fingerprint density at radius 1 is 1.29 bits per heavy atom. The fraction of sp³-hybridized carbons (Fsp3) is 0.600. The van der Waals surface area contributed by atoms with Crippen molar-refractivity contribution in [2.75, 3.05) is 26.2 Å². The van der Waals surface area contributed by atoms with Gasteiger partial charge >= 0.3 is 0 Å². The number of piperazine rings is 1. The number of nitrogens with one attached hydrogen (secondary N) is 1. The molecule has 0 amide bonds. The van der Waals surface area contributed by atoms with Crippen LogP contribution in [0.25, 0.3) is 0 Å². The number of benzene rings is 1. The summed E-state index contributed by atoms with van der Waals surface area (Å²) in [6.45, 7) is 6.11. The summed E-state index contributed by atoms with van der Waals surface area (Å²) in [4.78, 5) is 2.39. The highest BCUT2D eigenvalue weighted by Crippen LogP contribution is 2.30. The molecule has 1 atom stereocenters. The largest absolute Gasteiger partial charge is 0.314 e. The van der Waals surface area contributed by atoms with Crippen LogP contribution >= 0.6 is 36.4 Å². The van der Waals surface area contributed by atoms with Crippen LogP contribution in [0.15, 0.2) is 18.2 Å². The van der Waals surface area contributed by atoms with Crippen molar-refractivity contribution in [3.63, 3.8) is 0 Å². The predicted molar refractivity (Wildman–Crippen MR) is 92.6 cm³/mol. The highest BCUT2D eigenvalue weighted by molar-refractivity contribution is 6.30. The summed E-state index contributed by atoms with van der Waals surface area (Å²) in [5.74, 6) is -0.174. The fourth-order valence-corrected chi connectivity index (χ4v) is 2.86. The maximum atomic E-state index is 14.2. The van der Waals surface area contributed by atoms with Gasteiger partial charge in [-0.3, -0.25) is 4.90 Å². The third-order valence-corrected chi connectivity index (χ3v) is 3.98. The molecule has 0 aromatic heterocycles. The molecule has 1 heterocycles. The van der Waals surface area contributed by atoms with E-state index in [1.807, 2.05) is 6.07 Å². The lowest BCUT2D eigenvalue weighted by atomic mass is 9.98. The Morgan fingerprint density at radius 2 is 1.95 bits per heavy atom. The van der Waals surface area contributed by atoms with Gasteiger partial charge in [0.2, 0.25) is 0 Å². The molecule has 0 saturated carbocycles. The molecule has 1 aliphatic heterocycles. The molecule has 122 valence electrons. The van der Waals surface area contributed by atoms with Gasteiger partial charge in [-0.25, -0.2) is 4.39 Å². The Kier molecular flexibility index (Phi) is 10.6. The summed E-state index contributed by atoms with van der Waals surface area (Å²) in [5, 5.41) is 3.81. The SMILES string of the molecule is CCCC[C@@H](c1ccc(Cl)cc1F)N1CCNCC1.Cl.Cl. The Bertz CT molecular complexity index is 412. The molecule has 2 rings (SSSR count). The summed E-state index contributed by atoms with van der Waals surface area (Å²) in [7, 11) is 0. The van der Waals surface area contributed by atoms with E-state index in [1.165, 1.54) is 6.07 Å². The maximum Gasteiger partial charge on any atom is 0.129 e. The average Bonchev–Trinajstić information content (AvgIpc) is 2.42. The minimum atomic E-state index is -0.174. The van der Waals surface area contributed by atoms with Crippen molar-refractivity contribution < 1.29 is 4.39 Å². The highest BCUT2D eigenvalue weighted by Gasteiger charge is 2.24. The van der Waals surface area contributed by atoms with Gasteiger partial charge in [-0.15, -0.1) is 24.8 Å². The Labute approximate surface area is 144 Å². The Morgan fingerprint density at radius 3 is 2.52 bits per heavy atom. The van der Waals surface area contributed by atoms with Gasteiger partial charge < -0.3 is 5.32 Å². The molecule has 0 spiro atoms. The van der Waals surface area contributed by atoms with Gasteiger partial charge in [-0.1, -0.05) is 37.4 Å². The van der Waals surface area contributed by atoms with Crippen molar-refractivity contribution in [1.82, 2.24) is 10.2 Å². The first-order chi connectivity index (χ1) is 9.22. The van der Waals surface area contributed by atoms with Crippen molar-refractivity contribution in [2.24, 2.45) is 0 Å². The predicted octanol–water partition coefficient (Wildman–Crippen LogP) is 4.46. The zero-order valence-electron chi connectivity index (χ0n) is 12.3. The number of halogens is 4. The first-order valence-electron chi connectivity index (χ1n) is 7.12. The van der Waals surface area contributed by atoms with Crippen LogP contribution in [0.5, 0.6) is 0 Å². The molecular weight excluding hydrogens is 334 g/mol. The van der Waals surface area contributed by atoms with Crippen LogP contribution in [-0.2, 0) is 0 Å². The third-order valence-electron chi connectivity index (χ3n) is 3.74. The number of hydrogen-bond acceptors (Lipinski definition) is 2. The lowest BCUT2D eigenvalue weighted by Gasteiger charge is -2.35. The van der Waals surface area contributed by atoms with Crippen LogP contribution in [0.1, 0.15) is 37.8 Å². The van der Waals surface area contributed by atoms with Crippen LogP contribution in [0.2, 0.25) is 5.02 Å². The number of unbranched alkanes of at least 4 members (excludes halogenated alkanes) is 1. The van der Waals surface area contributed by atoms with Gasteiger partial charge in [-0.05, 0) is 18.6 Å². The van der Waals surface area contributed by atoms with Gasteiger partial charge in [0, 0.05) is 42.8 Å². The van der Waals surface area contributed by atoms with Gasteiger partial charge in [0.15, 0.2) is 0 Å². The van der Waals surface area contributed by atoms with E-state index < -0.39 is 0 Å². The van der Waals surface area contributed by atoms with E-state index in [-0.39, 0.29) is 36.7 Å². The summed E-state index contributed by atoms with van der Waals surface area (Å²) < 4.78 is 14.2. The van der Waals surface area contributed by atoms with E-state index in [4.69, 9.17) is 11.6 Å². The molecule has 2 nitrogen and oxygen atoms in total. The third kappa shape index (κ3) is 5.91. The van der Waals surface area contributed by atoms with Gasteiger partial charge in [0.1, 0.15) is 5.82 Å². The van der Waals surface area contributed by atoms with Crippen molar-refractivity contribution in [3.05, 3.63) is 34.6 Å². The zero-order chi connectivity index (χ0) is 13.7. The van der Waals surface area contributed by atoms with Crippen molar-refractivity contribution in [3.8, 4) is 0 Å². The quantitative estimate of drug-likeness (QED) is 0.837. The number of nitrogens with zero attached hydrogens (tertiary/aromatic N) is 1. The standard InChI is InChI=1S/C15H22ClFN2.2ClH/c1-2-3-4-15(19-9-7-18-8-10-19)13-6-5-12(16)11-14(13)17;;/h5-6,11,15,18H,2-4,7-10H2,1H3;2*1H/t15-;;/m0../s1. The van der Waals surface area contributed by atoms with E-state index >= 15 is 0 Å². The molecule has 1 aromatic carbocycles. The molecule has 6 heteroatoms. The summed E-state index contributed by atoms with van der Waals surface area (Å²) >= 11 is 5.85. The maximum absolute atomic E-state index is 14.2. The second-order valence-corrected chi connectivity index (χ2v) is 5.55. The van der Waals surface area contributed by atoms with E-state index in [0.717, 1.165) is 51.0 Å². The number of hydrogen-bond donors (Lipinski definition) is 1. The lowest BCUT2D eigenvalue weighted by Crippen LogP contribution is -2.45. The molecule has 1 N–H and O–H groups in total. The second-order valence-electron chi connectivity index (χ2n) is 5.11. The number of rotatable bonds is 5. The molecule has 1 aromatic rings. The van der Waals surface area contributed by atoms with Crippen LogP contribution in [-0.4, -0.2) is 31.1 Å². The molecule has 0 aliphatic carbocycles. The van der Waals surface area contributed by atoms with Gasteiger partial charge in [0.25, 0.3) is 0 Å².